The van der Waals surface area contributed by atoms with Gasteiger partial charge in [0.15, 0.2) is 0 Å². The van der Waals surface area contributed by atoms with Crippen LogP contribution in [0.15, 0.2) is 79.0 Å². The summed E-state index contributed by atoms with van der Waals surface area (Å²) in [5.41, 5.74) is 5.20. The van der Waals surface area contributed by atoms with Gasteiger partial charge < -0.3 is 0 Å². The van der Waals surface area contributed by atoms with E-state index in [1.165, 1.54) is 49.0 Å². The van der Waals surface area contributed by atoms with Gasteiger partial charge in [-0.05, 0) is 55.0 Å². The monoisotopic (exact) mass is 417 g/mol. The molecule has 1 nitrogen and oxygen atoms in total. The van der Waals surface area contributed by atoms with Crippen molar-refractivity contribution in [2.45, 2.75) is 52.4 Å². The maximum atomic E-state index is 4.78. The minimum absolute atomic E-state index is 0.128. The van der Waals surface area contributed by atoms with Crippen molar-refractivity contribution < 1.29 is 0 Å². The molecular weight excluding hydrogens is 386 g/mol. The zero-order chi connectivity index (χ0) is 22.7. The van der Waals surface area contributed by atoms with Gasteiger partial charge in [-0.1, -0.05) is 108 Å². The second-order valence-corrected chi connectivity index (χ2v) is 11.0. The van der Waals surface area contributed by atoms with Gasteiger partial charge >= 0.3 is 0 Å². The Morgan fingerprint density at radius 2 is 1.03 bits per heavy atom. The molecule has 0 fully saturated rings. The third-order valence-corrected chi connectivity index (χ3v) is 6.65. The van der Waals surface area contributed by atoms with Crippen LogP contribution in [-0.4, -0.2) is 4.98 Å². The van der Waals surface area contributed by atoms with Crippen LogP contribution in [0, 0.1) is 0 Å². The predicted molar refractivity (Wildman–Crippen MR) is 140 cm³/mol. The molecular formula is C31H31N. The molecule has 0 N–H and O–H groups in total. The Kier molecular flexibility index (Phi) is 4.64. The van der Waals surface area contributed by atoms with E-state index in [1.54, 1.807) is 0 Å². The molecule has 0 saturated carbocycles. The minimum atomic E-state index is 0.128. The van der Waals surface area contributed by atoms with Gasteiger partial charge in [-0.2, -0.15) is 0 Å². The van der Waals surface area contributed by atoms with Gasteiger partial charge in [0.25, 0.3) is 0 Å². The van der Waals surface area contributed by atoms with Crippen LogP contribution in [0.4, 0.5) is 0 Å². The van der Waals surface area contributed by atoms with Gasteiger partial charge in [-0.3, -0.25) is 4.98 Å². The molecule has 0 aliphatic heterocycles. The van der Waals surface area contributed by atoms with Crippen LogP contribution in [0.3, 0.4) is 0 Å². The summed E-state index contributed by atoms with van der Waals surface area (Å²) < 4.78 is 0. The molecule has 0 amide bonds. The molecule has 4 aromatic carbocycles. The van der Waals surface area contributed by atoms with E-state index >= 15 is 0 Å². The smallest absolute Gasteiger partial charge is 0.0780 e. The lowest BCUT2D eigenvalue weighted by Gasteiger charge is -2.20. The molecule has 5 aromatic rings. The fraction of sp³-hybridized carbons (Fsp3) is 0.258. The van der Waals surface area contributed by atoms with Crippen LogP contribution in [0.5, 0.6) is 0 Å². The Balaban J connectivity index is 1.73. The van der Waals surface area contributed by atoms with Gasteiger partial charge in [0.2, 0.25) is 0 Å². The second-order valence-electron chi connectivity index (χ2n) is 11.0. The predicted octanol–water partition coefficient (Wildman–Crippen LogP) is 8.80. The highest BCUT2D eigenvalue weighted by Gasteiger charge is 2.16. The minimum Gasteiger partial charge on any atom is -0.256 e. The first kappa shape index (κ1) is 20.7. The fourth-order valence-corrected chi connectivity index (χ4v) is 4.63. The van der Waals surface area contributed by atoms with Crippen LogP contribution in [0.2, 0.25) is 0 Å². The van der Waals surface area contributed by atoms with E-state index in [1.807, 2.05) is 6.20 Å². The Morgan fingerprint density at radius 3 is 1.72 bits per heavy atom. The van der Waals surface area contributed by atoms with E-state index in [-0.39, 0.29) is 10.8 Å². The highest BCUT2D eigenvalue weighted by atomic mass is 14.7. The van der Waals surface area contributed by atoms with Crippen molar-refractivity contribution in [3.05, 3.63) is 90.1 Å². The number of pyridine rings is 1. The van der Waals surface area contributed by atoms with E-state index in [2.05, 4.69) is 114 Å². The molecule has 0 bridgehead atoms. The van der Waals surface area contributed by atoms with Crippen LogP contribution >= 0.6 is 0 Å². The molecule has 0 unspecified atom stereocenters. The van der Waals surface area contributed by atoms with Crippen molar-refractivity contribution in [3.8, 4) is 11.3 Å². The molecule has 0 aliphatic rings. The lowest BCUT2D eigenvalue weighted by molar-refractivity contribution is 0.590. The number of hydrogen-bond acceptors (Lipinski definition) is 1. The van der Waals surface area contributed by atoms with Crippen molar-refractivity contribution in [1.29, 1.82) is 0 Å². The third-order valence-electron chi connectivity index (χ3n) is 6.65. The van der Waals surface area contributed by atoms with Crippen LogP contribution < -0.4 is 0 Å². The maximum Gasteiger partial charge on any atom is 0.0780 e. The van der Waals surface area contributed by atoms with E-state index in [9.17, 15) is 0 Å². The number of rotatable bonds is 1. The van der Waals surface area contributed by atoms with Gasteiger partial charge in [0, 0.05) is 17.1 Å². The number of nitrogens with zero attached hydrogens (tertiary/aromatic N) is 1. The summed E-state index contributed by atoms with van der Waals surface area (Å²) in [4.78, 5) is 4.78. The standard InChI is InChI=1S/C31H31N/c1-30(2,3)22-11-8-21(9-12-22)29-27-16-15-25-24(26(27)17-18-32-29)14-10-20-7-13-23(19-28(20)25)31(4,5)6/h7-19H,1-6H3. The average Bonchev–Trinajstić information content (AvgIpc) is 2.76. The van der Waals surface area contributed by atoms with Crippen molar-refractivity contribution in [2.75, 3.05) is 0 Å². The molecule has 1 aromatic heterocycles. The normalized spacial score (nSPS) is 12.7. The van der Waals surface area contributed by atoms with Crippen molar-refractivity contribution in [1.82, 2.24) is 4.98 Å². The highest BCUT2D eigenvalue weighted by molar-refractivity contribution is 6.19. The summed E-state index contributed by atoms with van der Waals surface area (Å²) in [6, 6.07) is 27.0. The summed E-state index contributed by atoms with van der Waals surface area (Å²) in [5, 5.41) is 7.67. The molecule has 1 heterocycles. The number of fused-ring (bicyclic) bond motifs is 5. The Morgan fingerprint density at radius 1 is 0.500 bits per heavy atom. The van der Waals surface area contributed by atoms with E-state index < -0.39 is 0 Å². The zero-order valence-electron chi connectivity index (χ0n) is 20.0. The SMILES string of the molecule is CC(C)(C)c1ccc(-c2nccc3c2ccc2c4cc(C(C)(C)C)ccc4ccc32)cc1. The van der Waals surface area contributed by atoms with E-state index in [4.69, 9.17) is 4.98 Å². The summed E-state index contributed by atoms with van der Waals surface area (Å²) in [7, 11) is 0. The lowest BCUT2D eigenvalue weighted by Crippen LogP contribution is -2.10. The lowest BCUT2D eigenvalue weighted by atomic mass is 9.85. The fourth-order valence-electron chi connectivity index (χ4n) is 4.63. The molecule has 5 rings (SSSR count). The van der Waals surface area contributed by atoms with Crippen LogP contribution in [0.25, 0.3) is 43.6 Å². The van der Waals surface area contributed by atoms with Crippen molar-refractivity contribution >= 4 is 32.3 Å². The van der Waals surface area contributed by atoms with Crippen LogP contribution in [-0.2, 0) is 10.8 Å². The molecule has 0 saturated heterocycles. The van der Waals surface area contributed by atoms with Gasteiger partial charge in [0.05, 0.1) is 5.69 Å². The number of hydrogen-bond donors (Lipinski definition) is 0. The highest BCUT2D eigenvalue weighted by Crippen LogP contribution is 2.37. The Bertz CT molecular complexity index is 1460. The molecule has 1 heteroatoms. The summed E-state index contributed by atoms with van der Waals surface area (Å²) >= 11 is 0. The molecule has 0 radical (unpaired) electrons. The zero-order valence-corrected chi connectivity index (χ0v) is 20.0. The van der Waals surface area contributed by atoms with E-state index in [0.717, 1.165) is 5.69 Å². The molecule has 160 valence electrons. The molecule has 0 aliphatic carbocycles. The quantitative estimate of drug-likeness (QED) is 0.248. The Labute approximate surface area is 191 Å². The van der Waals surface area contributed by atoms with E-state index in [0.29, 0.717) is 0 Å². The third kappa shape index (κ3) is 3.46. The molecule has 32 heavy (non-hydrogen) atoms. The van der Waals surface area contributed by atoms with Gasteiger partial charge in [-0.15, -0.1) is 0 Å². The Hall–Kier alpha value is -3.19. The number of aromatic nitrogens is 1. The topological polar surface area (TPSA) is 12.9 Å². The van der Waals surface area contributed by atoms with Crippen LogP contribution in [0.1, 0.15) is 52.7 Å². The molecule has 0 atom stereocenters. The van der Waals surface area contributed by atoms with Gasteiger partial charge in [0.1, 0.15) is 0 Å². The summed E-state index contributed by atoms with van der Waals surface area (Å²) in [5.74, 6) is 0. The average molecular weight is 418 g/mol. The first-order valence-corrected chi connectivity index (χ1v) is 11.5. The summed E-state index contributed by atoms with van der Waals surface area (Å²) in [6.45, 7) is 13.6. The van der Waals surface area contributed by atoms with Crippen molar-refractivity contribution in [2.24, 2.45) is 0 Å². The first-order valence-electron chi connectivity index (χ1n) is 11.5. The largest absolute Gasteiger partial charge is 0.256 e. The molecule has 0 spiro atoms. The maximum absolute atomic E-state index is 4.78. The van der Waals surface area contributed by atoms with Crippen molar-refractivity contribution in [3.63, 3.8) is 0 Å². The first-order chi connectivity index (χ1) is 15.1. The number of benzene rings is 4. The van der Waals surface area contributed by atoms with Gasteiger partial charge in [-0.25, -0.2) is 0 Å². The second kappa shape index (κ2) is 7.17. The summed E-state index contributed by atoms with van der Waals surface area (Å²) in [6.07, 6.45) is 1.95.